The number of hydrogen-bond acceptors (Lipinski definition) is 6. The van der Waals surface area contributed by atoms with Crippen LogP contribution in [0.2, 0.25) is 0 Å². The molecule has 6 nitrogen and oxygen atoms in total. The highest BCUT2D eigenvalue weighted by atomic mass is 16.5. The molecule has 0 saturated carbocycles. The van der Waals surface area contributed by atoms with E-state index in [0.29, 0.717) is 23.2 Å². The molecule has 1 unspecified atom stereocenters. The number of aromatic nitrogens is 3. The van der Waals surface area contributed by atoms with Crippen molar-refractivity contribution in [2.45, 2.75) is 6.04 Å². The number of nitrogens with zero attached hydrogens (tertiary/aromatic N) is 3. The molecule has 2 heterocycles. The molecule has 0 radical (unpaired) electrons. The highest BCUT2D eigenvalue weighted by molar-refractivity contribution is 5.50. The third-order valence-corrected chi connectivity index (χ3v) is 3.81. The zero-order valence-electron chi connectivity index (χ0n) is 13.8. The molecule has 4 rings (SSSR count). The molecule has 0 bridgehead atoms. The van der Waals surface area contributed by atoms with E-state index in [1.165, 1.54) is 0 Å². The van der Waals surface area contributed by atoms with Crippen LogP contribution < -0.4 is 10.5 Å². The summed E-state index contributed by atoms with van der Waals surface area (Å²) >= 11 is 0. The first-order chi connectivity index (χ1) is 12.8. The quantitative estimate of drug-likeness (QED) is 0.589. The van der Waals surface area contributed by atoms with Gasteiger partial charge in [0.25, 0.3) is 5.89 Å². The summed E-state index contributed by atoms with van der Waals surface area (Å²) < 4.78 is 11.1. The van der Waals surface area contributed by atoms with Gasteiger partial charge in [0, 0.05) is 12.3 Å². The maximum absolute atomic E-state index is 6.21. The van der Waals surface area contributed by atoms with Crippen LogP contribution in [-0.4, -0.2) is 15.1 Å². The Balaban J connectivity index is 1.57. The minimum Gasteiger partial charge on any atom is -0.457 e. The first kappa shape index (κ1) is 16.0. The topological polar surface area (TPSA) is 87.1 Å². The SMILES string of the molecule is NC(c1ccccc1)c1noc(-c2cc(Oc3ccccc3)ccn2)n1. The predicted molar refractivity (Wildman–Crippen MR) is 96.5 cm³/mol. The van der Waals surface area contributed by atoms with Crippen molar-refractivity contribution in [3.05, 3.63) is 90.4 Å². The average molecular weight is 344 g/mol. The molecule has 0 spiro atoms. The van der Waals surface area contributed by atoms with E-state index in [-0.39, 0.29) is 0 Å². The van der Waals surface area contributed by atoms with E-state index in [0.717, 1.165) is 11.3 Å². The number of ether oxygens (including phenoxy) is 1. The van der Waals surface area contributed by atoms with E-state index >= 15 is 0 Å². The van der Waals surface area contributed by atoms with Gasteiger partial charge in [-0.3, -0.25) is 4.98 Å². The molecule has 2 aromatic carbocycles. The number of benzene rings is 2. The first-order valence-corrected chi connectivity index (χ1v) is 8.13. The zero-order valence-corrected chi connectivity index (χ0v) is 13.8. The molecule has 1 atom stereocenters. The minimum atomic E-state index is -0.461. The van der Waals surface area contributed by atoms with Crippen molar-refractivity contribution in [1.29, 1.82) is 0 Å². The van der Waals surface area contributed by atoms with Crippen molar-refractivity contribution < 1.29 is 9.26 Å². The molecule has 6 heteroatoms. The molecule has 0 aliphatic rings. The van der Waals surface area contributed by atoms with Crippen molar-refractivity contribution in [3.63, 3.8) is 0 Å². The lowest BCUT2D eigenvalue weighted by Crippen LogP contribution is -2.13. The summed E-state index contributed by atoms with van der Waals surface area (Å²) in [6.07, 6.45) is 1.63. The van der Waals surface area contributed by atoms with E-state index in [4.69, 9.17) is 15.0 Å². The second-order valence-corrected chi connectivity index (χ2v) is 5.64. The number of rotatable bonds is 5. The van der Waals surface area contributed by atoms with Gasteiger partial charge >= 0.3 is 0 Å². The molecule has 0 aliphatic carbocycles. The van der Waals surface area contributed by atoms with E-state index in [9.17, 15) is 0 Å². The second-order valence-electron chi connectivity index (χ2n) is 5.64. The first-order valence-electron chi connectivity index (χ1n) is 8.13. The van der Waals surface area contributed by atoms with Gasteiger partial charge in [0.05, 0.1) is 6.04 Å². The predicted octanol–water partition coefficient (Wildman–Crippen LogP) is 3.97. The molecule has 0 aliphatic heterocycles. The van der Waals surface area contributed by atoms with Crippen LogP contribution in [0, 0.1) is 0 Å². The summed E-state index contributed by atoms with van der Waals surface area (Å²) in [6.45, 7) is 0. The van der Waals surface area contributed by atoms with Crippen molar-refractivity contribution in [2.24, 2.45) is 5.73 Å². The smallest absolute Gasteiger partial charge is 0.276 e. The molecule has 128 valence electrons. The van der Waals surface area contributed by atoms with Crippen LogP contribution in [0.25, 0.3) is 11.6 Å². The lowest BCUT2D eigenvalue weighted by atomic mass is 10.1. The molecule has 0 fully saturated rings. The highest BCUT2D eigenvalue weighted by Gasteiger charge is 2.18. The Morgan fingerprint density at radius 1 is 0.885 bits per heavy atom. The van der Waals surface area contributed by atoms with Gasteiger partial charge in [-0.05, 0) is 23.8 Å². The van der Waals surface area contributed by atoms with Crippen molar-refractivity contribution in [2.75, 3.05) is 0 Å². The monoisotopic (exact) mass is 344 g/mol. The van der Waals surface area contributed by atoms with Gasteiger partial charge in [0.1, 0.15) is 17.2 Å². The van der Waals surface area contributed by atoms with Crippen molar-refractivity contribution in [1.82, 2.24) is 15.1 Å². The van der Waals surface area contributed by atoms with Gasteiger partial charge in [-0.25, -0.2) is 0 Å². The van der Waals surface area contributed by atoms with E-state index in [2.05, 4.69) is 15.1 Å². The molecular weight excluding hydrogens is 328 g/mol. The minimum absolute atomic E-state index is 0.296. The van der Waals surface area contributed by atoms with Crippen LogP contribution in [0.5, 0.6) is 11.5 Å². The second kappa shape index (κ2) is 7.16. The van der Waals surface area contributed by atoms with Gasteiger partial charge in [0.15, 0.2) is 5.82 Å². The van der Waals surface area contributed by atoms with Gasteiger partial charge in [-0.2, -0.15) is 4.98 Å². The molecule has 2 aromatic heterocycles. The van der Waals surface area contributed by atoms with Gasteiger partial charge in [-0.1, -0.05) is 53.7 Å². The third-order valence-electron chi connectivity index (χ3n) is 3.81. The van der Waals surface area contributed by atoms with Crippen LogP contribution in [0.1, 0.15) is 17.4 Å². The highest BCUT2D eigenvalue weighted by Crippen LogP contribution is 2.26. The fraction of sp³-hybridized carbons (Fsp3) is 0.0500. The summed E-state index contributed by atoms with van der Waals surface area (Å²) in [4.78, 5) is 8.66. The van der Waals surface area contributed by atoms with Crippen LogP contribution in [0.15, 0.2) is 83.5 Å². The largest absolute Gasteiger partial charge is 0.457 e. The normalized spacial score (nSPS) is 11.9. The maximum Gasteiger partial charge on any atom is 0.276 e. The van der Waals surface area contributed by atoms with E-state index in [1.54, 1.807) is 18.3 Å². The number of nitrogens with two attached hydrogens (primary N) is 1. The van der Waals surface area contributed by atoms with Crippen molar-refractivity contribution in [3.8, 4) is 23.1 Å². The Bertz CT molecular complexity index is 987. The summed E-state index contributed by atoms with van der Waals surface area (Å²) in [5.74, 6) is 2.07. The van der Waals surface area contributed by atoms with Crippen LogP contribution in [0.3, 0.4) is 0 Å². The fourth-order valence-electron chi connectivity index (χ4n) is 2.49. The number of pyridine rings is 1. The summed E-state index contributed by atoms with van der Waals surface area (Å²) in [5, 5.41) is 3.99. The molecular formula is C20H16N4O2. The van der Waals surface area contributed by atoms with Gasteiger partial charge < -0.3 is 15.0 Å². The Hall–Kier alpha value is -3.51. The lowest BCUT2D eigenvalue weighted by Gasteiger charge is -2.06. The summed E-state index contributed by atoms with van der Waals surface area (Å²) in [6, 6.07) is 22.2. The van der Waals surface area contributed by atoms with Crippen LogP contribution in [0.4, 0.5) is 0 Å². The standard InChI is InChI=1S/C20H16N4O2/c21-18(14-7-3-1-4-8-14)19-23-20(26-24-19)17-13-16(11-12-22-17)25-15-9-5-2-6-10-15/h1-13,18H,21H2. The molecule has 0 saturated heterocycles. The lowest BCUT2D eigenvalue weighted by molar-refractivity contribution is 0.418. The van der Waals surface area contributed by atoms with Crippen LogP contribution >= 0.6 is 0 Å². The average Bonchev–Trinajstić information content (AvgIpc) is 3.19. The molecule has 4 aromatic rings. The molecule has 0 amide bonds. The molecule has 2 N–H and O–H groups in total. The fourth-order valence-corrected chi connectivity index (χ4v) is 2.49. The van der Waals surface area contributed by atoms with Gasteiger partial charge in [-0.15, -0.1) is 0 Å². The molecule has 26 heavy (non-hydrogen) atoms. The van der Waals surface area contributed by atoms with E-state index in [1.807, 2.05) is 60.7 Å². The Labute approximate surface area is 150 Å². The summed E-state index contributed by atoms with van der Waals surface area (Å²) in [7, 11) is 0. The Morgan fingerprint density at radius 3 is 2.38 bits per heavy atom. The third kappa shape index (κ3) is 3.45. The van der Waals surface area contributed by atoms with Crippen molar-refractivity contribution >= 4 is 0 Å². The number of para-hydroxylation sites is 1. The number of hydrogen-bond donors (Lipinski definition) is 1. The van der Waals surface area contributed by atoms with Gasteiger partial charge in [0.2, 0.25) is 0 Å². The Kier molecular flexibility index (Phi) is 4.40. The van der Waals surface area contributed by atoms with E-state index < -0.39 is 6.04 Å². The summed E-state index contributed by atoms with van der Waals surface area (Å²) in [5.41, 5.74) is 7.65. The maximum atomic E-state index is 6.21. The Morgan fingerprint density at radius 2 is 1.62 bits per heavy atom. The van der Waals surface area contributed by atoms with Crippen LogP contribution in [-0.2, 0) is 0 Å². The zero-order chi connectivity index (χ0) is 17.8.